The highest BCUT2D eigenvalue weighted by Gasteiger charge is 2.31. The van der Waals surface area contributed by atoms with E-state index in [1.165, 1.54) is 6.21 Å². The van der Waals surface area contributed by atoms with Gasteiger partial charge in [-0.2, -0.15) is 0 Å². The summed E-state index contributed by atoms with van der Waals surface area (Å²) in [6, 6.07) is 9.79. The fourth-order valence-electron chi connectivity index (χ4n) is 3.10. The predicted octanol–water partition coefficient (Wildman–Crippen LogP) is 4.74. The lowest BCUT2D eigenvalue weighted by Crippen LogP contribution is -2.20. The van der Waals surface area contributed by atoms with Crippen molar-refractivity contribution in [2.75, 3.05) is 5.32 Å². The minimum atomic E-state index is 0.0244. The molecule has 0 amide bonds. The van der Waals surface area contributed by atoms with Crippen LogP contribution in [-0.2, 0) is 6.42 Å². The molecule has 0 radical (unpaired) electrons. The summed E-state index contributed by atoms with van der Waals surface area (Å²) in [7, 11) is 0. The van der Waals surface area contributed by atoms with Crippen LogP contribution in [0.15, 0.2) is 49.1 Å². The molecule has 24 heavy (non-hydrogen) atoms. The maximum absolute atomic E-state index is 12.8. The van der Waals surface area contributed by atoms with Gasteiger partial charge in [0, 0.05) is 29.1 Å². The third-order valence-electron chi connectivity index (χ3n) is 4.41. The number of para-hydroxylation sites is 1. The number of carbonyl (C=O) groups is 1. The van der Waals surface area contributed by atoms with Gasteiger partial charge in [0.05, 0.1) is 16.9 Å². The largest absolute Gasteiger partial charge is 0.356 e. The number of hydrogen-bond acceptors (Lipinski definition) is 3. The van der Waals surface area contributed by atoms with Crippen LogP contribution >= 0.6 is 0 Å². The van der Waals surface area contributed by atoms with Gasteiger partial charge < -0.3 is 15.7 Å². The van der Waals surface area contributed by atoms with Crippen molar-refractivity contribution in [2.24, 2.45) is 5.92 Å². The molecule has 1 unspecified atom stereocenters. The van der Waals surface area contributed by atoms with Crippen molar-refractivity contribution in [2.45, 2.75) is 19.8 Å². The lowest BCUT2D eigenvalue weighted by Gasteiger charge is -2.18. The molecular weight excluding hydrogens is 298 g/mol. The van der Waals surface area contributed by atoms with E-state index in [2.05, 4.69) is 16.9 Å². The number of aromatic amines is 1. The highest BCUT2D eigenvalue weighted by Crippen LogP contribution is 2.38. The molecule has 122 valence electrons. The molecule has 2 aromatic rings. The summed E-state index contributed by atoms with van der Waals surface area (Å²) in [6.07, 6.45) is 6.31. The standard InChI is InChI=1S/C20H21N3O/c1-3-14(11-12-21)18-19(22-15-7-5-4-6-8-15)17-16(23-18)10-9-13(2)20(17)24/h3-8,11-13,21-23H,1,9-10H2,2H3/b14-11+,21-12?. The molecule has 1 atom stereocenters. The first-order chi connectivity index (χ1) is 11.7. The fraction of sp³-hybridized carbons (Fsp3) is 0.200. The van der Waals surface area contributed by atoms with Crippen LogP contribution in [0.1, 0.15) is 35.1 Å². The van der Waals surface area contributed by atoms with E-state index in [0.29, 0.717) is 0 Å². The predicted molar refractivity (Wildman–Crippen MR) is 99.3 cm³/mol. The Labute approximate surface area is 141 Å². The van der Waals surface area contributed by atoms with Gasteiger partial charge in [0.25, 0.3) is 0 Å². The van der Waals surface area contributed by atoms with Crippen LogP contribution < -0.4 is 5.32 Å². The number of ketones is 1. The number of carbonyl (C=O) groups excluding carboxylic acids is 1. The Kier molecular flexibility index (Phi) is 4.47. The van der Waals surface area contributed by atoms with E-state index >= 15 is 0 Å². The molecule has 3 rings (SSSR count). The summed E-state index contributed by atoms with van der Waals surface area (Å²) < 4.78 is 0. The second-order valence-corrected chi connectivity index (χ2v) is 6.02. The SMILES string of the molecule is C=C/C(=C\C=N)c1[nH]c2c(c1Nc1ccccc1)C(=O)C(C)CC2. The number of rotatable bonds is 5. The summed E-state index contributed by atoms with van der Waals surface area (Å²) >= 11 is 0. The molecule has 4 nitrogen and oxygen atoms in total. The van der Waals surface area contributed by atoms with Gasteiger partial charge in [0.2, 0.25) is 0 Å². The first-order valence-corrected chi connectivity index (χ1v) is 8.10. The topological polar surface area (TPSA) is 68.7 Å². The van der Waals surface area contributed by atoms with Crippen molar-refractivity contribution >= 4 is 28.9 Å². The van der Waals surface area contributed by atoms with Crippen molar-refractivity contribution < 1.29 is 4.79 Å². The van der Waals surface area contributed by atoms with E-state index in [-0.39, 0.29) is 11.7 Å². The van der Waals surface area contributed by atoms with Crippen molar-refractivity contribution in [1.29, 1.82) is 5.41 Å². The smallest absolute Gasteiger partial charge is 0.169 e. The molecule has 1 heterocycles. The van der Waals surface area contributed by atoms with Gasteiger partial charge in [-0.1, -0.05) is 37.8 Å². The molecule has 1 aliphatic rings. The minimum absolute atomic E-state index is 0.0244. The van der Waals surface area contributed by atoms with Crippen molar-refractivity contribution in [1.82, 2.24) is 4.98 Å². The van der Waals surface area contributed by atoms with E-state index in [0.717, 1.165) is 46.7 Å². The zero-order valence-corrected chi connectivity index (χ0v) is 13.7. The minimum Gasteiger partial charge on any atom is -0.356 e. The van der Waals surface area contributed by atoms with Crippen LogP contribution in [0.3, 0.4) is 0 Å². The zero-order valence-electron chi connectivity index (χ0n) is 13.7. The number of benzene rings is 1. The van der Waals surface area contributed by atoms with Crippen LogP contribution in [-0.4, -0.2) is 17.0 Å². The highest BCUT2D eigenvalue weighted by atomic mass is 16.1. The van der Waals surface area contributed by atoms with Gasteiger partial charge in [-0.3, -0.25) is 4.79 Å². The molecule has 0 spiro atoms. The average molecular weight is 319 g/mol. The number of H-pyrrole nitrogens is 1. The summed E-state index contributed by atoms with van der Waals surface area (Å²) in [4.78, 5) is 16.1. The number of allylic oxidation sites excluding steroid dienone is 3. The summed E-state index contributed by atoms with van der Waals surface area (Å²) in [5.41, 5.74) is 5.00. The maximum Gasteiger partial charge on any atom is 0.169 e. The molecule has 0 saturated carbocycles. The van der Waals surface area contributed by atoms with Crippen molar-refractivity contribution in [3.8, 4) is 0 Å². The first-order valence-electron chi connectivity index (χ1n) is 8.10. The number of anilines is 2. The third kappa shape index (κ3) is 2.83. The van der Waals surface area contributed by atoms with E-state index in [4.69, 9.17) is 5.41 Å². The van der Waals surface area contributed by atoms with Crippen LogP contribution in [0, 0.1) is 11.3 Å². The summed E-state index contributed by atoms with van der Waals surface area (Å²) in [5, 5.41) is 10.8. The molecule has 4 heteroatoms. The Bertz CT molecular complexity index is 815. The second kappa shape index (κ2) is 6.71. The van der Waals surface area contributed by atoms with Crippen LogP contribution in [0.25, 0.3) is 5.57 Å². The molecule has 0 fully saturated rings. The van der Waals surface area contributed by atoms with E-state index < -0.39 is 0 Å². The highest BCUT2D eigenvalue weighted by molar-refractivity contribution is 6.08. The number of hydrogen-bond donors (Lipinski definition) is 3. The van der Waals surface area contributed by atoms with E-state index in [9.17, 15) is 4.79 Å². The lowest BCUT2D eigenvalue weighted by atomic mass is 9.87. The first kappa shape index (κ1) is 16.0. The van der Waals surface area contributed by atoms with Crippen LogP contribution in [0.2, 0.25) is 0 Å². The number of aryl methyl sites for hydroxylation is 1. The van der Waals surface area contributed by atoms with Crippen molar-refractivity contribution in [3.05, 3.63) is 66.0 Å². The molecular formula is C20H21N3O. The number of aromatic nitrogens is 1. The normalized spacial score (nSPS) is 17.3. The lowest BCUT2D eigenvalue weighted by molar-refractivity contribution is 0.0914. The van der Waals surface area contributed by atoms with Gasteiger partial charge in [0.15, 0.2) is 5.78 Å². The van der Waals surface area contributed by atoms with Gasteiger partial charge in [0.1, 0.15) is 0 Å². The summed E-state index contributed by atoms with van der Waals surface area (Å²) in [6.45, 7) is 5.82. The quantitative estimate of drug-likeness (QED) is 0.550. The van der Waals surface area contributed by atoms with Gasteiger partial charge in [-0.25, -0.2) is 0 Å². The molecule has 0 aliphatic heterocycles. The monoisotopic (exact) mass is 319 g/mol. The van der Waals surface area contributed by atoms with Crippen molar-refractivity contribution in [3.63, 3.8) is 0 Å². The van der Waals surface area contributed by atoms with Crippen LogP contribution in [0.4, 0.5) is 11.4 Å². The zero-order chi connectivity index (χ0) is 17.1. The van der Waals surface area contributed by atoms with Gasteiger partial charge in [-0.15, -0.1) is 0 Å². The molecule has 0 saturated heterocycles. The number of Topliss-reactive ketones (excluding diaryl/α,β-unsaturated/α-hetero) is 1. The molecule has 1 aliphatic carbocycles. The van der Waals surface area contributed by atoms with Gasteiger partial charge >= 0.3 is 0 Å². The fourth-order valence-corrected chi connectivity index (χ4v) is 3.10. The third-order valence-corrected chi connectivity index (χ3v) is 4.41. The second-order valence-electron chi connectivity index (χ2n) is 6.02. The van der Waals surface area contributed by atoms with E-state index in [1.807, 2.05) is 37.3 Å². The summed E-state index contributed by atoms with van der Waals surface area (Å²) in [5.74, 6) is 0.187. The Morgan fingerprint density at radius 2 is 2.12 bits per heavy atom. The molecule has 0 bridgehead atoms. The number of fused-ring (bicyclic) bond motifs is 1. The number of nitrogens with one attached hydrogen (secondary N) is 3. The Morgan fingerprint density at radius 3 is 2.79 bits per heavy atom. The van der Waals surface area contributed by atoms with E-state index in [1.54, 1.807) is 12.2 Å². The Morgan fingerprint density at radius 1 is 1.38 bits per heavy atom. The molecule has 1 aromatic heterocycles. The Hall–Kier alpha value is -2.88. The maximum atomic E-state index is 12.8. The Balaban J connectivity index is 2.17. The molecule has 1 aromatic carbocycles. The van der Waals surface area contributed by atoms with Crippen LogP contribution in [0.5, 0.6) is 0 Å². The average Bonchev–Trinajstić information content (AvgIpc) is 2.96. The van der Waals surface area contributed by atoms with Gasteiger partial charge in [-0.05, 0) is 31.1 Å². The molecule has 3 N–H and O–H groups in total.